The van der Waals surface area contributed by atoms with Crippen molar-refractivity contribution in [2.24, 2.45) is 0 Å². The molecule has 2 aromatic rings. The number of hydrogen-bond donors (Lipinski definition) is 2. The van der Waals surface area contributed by atoms with E-state index in [-0.39, 0.29) is 17.2 Å². The summed E-state index contributed by atoms with van der Waals surface area (Å²) in [5.41, 5.74) is 1.74. The second-order valence-electron chi connectivity index (χ2n) is 8.62. The lowest BCUT2D eigenvalue weighted by Gasteiger charge is -2.20. The number of carbonyl (C=O) groups is 2. The first kappa shape index (κ1) is 26.3. The van der Waals surface area contributed by atoms with E-state index in [9.17, 15) is 18.0 Å². The van der Waals surface area contributed by atoms with Gasteiger partial charge in [0.05, 0.1) is 11.3 Å². The van der Waals surface area contributed by atoms with E-state index < -0.39 is 21.7 Å². The predicted molar refractivity (Wildman–Crippen MR) is 130 cm³/mol. The van der Waals surface area contributed by atoms with Crippen LogP contribution in [0.1, 0.15) is 45.7 Å². The number of carbonyl (C=O) groups excluding carboxylic acids is 2. The number of nitrogens with zero attached hydrogens (tertiary/aromatic N) is 1. The van der Waals surface area contributed by atoms with Crippen LogP contribution in [0.5, 0.6) is 0 Å². The quantitative estimate of drug-likeness (QED) is 0.583. The molecule has 0 aliphatic carbocycles. The van der Waals surface area contributed by atoms with Crippen LogP contribution in [0.4, 0.5) is 16.2 Å². The molecule has 0 saturated heterocycles. The van der Waals surface area contributed by atoms with Gasteiger partial charge < -0.3 is 10.1 Å². The molecule has 0 aliphatic heterocycles. The molecule has 0 atom stereocenters. The minimum Gasteiger partial charge on any atom is -0.444 e. The molecule has 2 amide bonds. The number of ether oxygens (including phenoxy) is 1. The van der Waals surface area contributed by atoms with Gasteiger partial charge in [-0.1, -0.05) is 32.0 Å². The number of aryl methyl sites for hydroxylation is 1. The molecule has 0 aliphatic rings. The van der Waals surface area contributed by atoms with Crippen LogP contribution in [0, 0.1) is 6.92 Å². The third kappa shape index (κ3) is 7.57. The summed E-state index contributed by atoms with van der Waals surface area (Å²) in [6.07, 6.45) is -0.457. The van der Waals surface area contributed by atoms with Crippen molar-refractivity contribution in [3.63, 3.8) is 0 Å². The molecule has 0 radical (unpaired) electrons. The molecule has 33 heavy (non-hydrogen) atoms. The Balaban J connectivity index is 2.06. The van der Waals surface area contributed by atoms with E-state index in [1.54, 1.807) is 77.9 Å². The number of nitrogens with one attached hydrogen (secondary N) is 2. The highest BCUT2D eigenvalue weighted by molar-refractivity contribution is 7.89. The van der Waals surface area contributed by atoms with Gasteiger partial charge in [0.1, 0.15) is 5.60 Å². The maximum Gasteiger partial charge on any atom is 0.412 e. The highest BCUT2D eigenvalue weighted by Gasteiger charge is 2.24. The lowest BCUT2D eigenvalue weighted by Crippen LogP contribution is -2.31. The smallest absolute Gasteiger partial charge is 0.412 e. The van der Waals surface area contributed by atoms with Crippen molar-refractivity contribution in [1.29, 1.82) is 0 Å². The second kappa shape index (κ2) is 10.8. The van der Waals surface area contributed by atoms with Gasteiger partial charge in [0.15, 0.2) is 0 Å². The van der Waals surface area contributed by atoms with E-state index in [0.29, 0.717) is 30.0 Å². The Morgan fingerprint density at radius 3 is 2.06 bits per heavy atom. The Morgan fingerprint density at radius 2 is 1.52 bits per heavy atom. The van der Waals surface area contributed by atoms with E-state index in [0.717, 1.165) is 5.56 Å². The zero-order valence-electron chi connectivity index (χ0n) is 20.1. The van der Waals surface area contributed by atoms with Crippen molar-refractivity contribution >= 4 is 33.4 Å². The molecule has 9 heteroatoms. The fourth-order valence-corrected chi connectivity index (χ4v) is 4.89. The van der Waals surface area contributed by atoms with E-state index in [1.807, 2.05) is 0 Å². The van der Waals surface area contributed by atoms with Gasteiger partial charge in [0.25, 0.3) is 0 Å². The molecule has 0 saturated carbocycles. The van der Waals surface area contributed by atoms with Gasteiger partial charge in [0.2, 0.25) is 15.9 Å². The average Bonchev–Trinajstić information content (AvgIpc) is 2.70. The number of benzene rings is 2. The summed E-state index contributed by atoms with van der Waals surface area (Å²) in [5.74, 6) is -0.280. The molecule has 0 unspecified atom stereocenters. The van der Waals surface area contributed by atoms with Crippen molar-refractivity contribution in [2.45, 2.75) is 58.5 Å². The highest BCUT2D eigenvalue weighted by atomic mass is 32.2. The SMILES string of the molecule is CCN(CC)S(=O)(=O)c1cc(NC(=O)Cc2ccc(NC(=O)OC(C)(C)C)cc2)ccc1C. The van der Waals surface area contributed by atoms with Crippen molar-refractivity contribution in [3.8, 4) is 0 Å². The third-order valence-electron chi connectivity index (χ3n) is 4.76. The summed E-state index contributed by atoms with van der Waals surface area (Å²) >= 11 is 0. The van der Waals surface area contributed by atoms with Crippen LogP contribution in [0.15, 0.2) is 47.4 Å². The summed E-state index contributed by atoms with van der Waals surface area (Å²) in [6.45, 7) is 11.4. The Labute approximate surface area is 196 Å². The van der Waals surface area contributed by atoms with Crippen molar-refractivity contribution in [3.05, 3.63) is 53.6 Å². The molecule has 8 nitrogen and oxygen atoms in total. The zero-order valence-corrected chi connectivity index (χ0v) is 20.9. The number of sulfonamides is 1. The van der Waals surface area contributed by atoms with Gasteiger partial charge in [-0.15, -0.1) is 0 Å². The van der Waals surface area contributed by atoms with E-state index >= 15 is 0 Å². The largest absolute Gasteiger partial charge is 0.444 e. The molecule has 0 heterocycles. The summed E-state index contributed by atoms with van der Waals surface area (Å²) in [7, 11) is -3.64. The van der Waals surface area contributed by atoms with Crippen molar-refractivity contribution < 1.29 is 22.7 Å². The molecule has 2 rings (SSSR count). The maximum atomic E-state index is 12.9. The molecule has 0 fully saturated rings. The van der Waals surface area contributed by atoms with Crippen molar-refractivity contribution in [2.75, 3.05) is 23.7 Å². The lowest BCUT2D eigenvalue weighted by atomic mass is 10.1. The van der Waals surface area contributed by atoms with E-state index in [1.165, 1.54) is 10.4 Å². The van der Waals surface area contributed by atoms with E-state index in [4.69, 9.17) is 4.74 Å². The average molecular weight is 476 g/mol. The zero-order chi connectivity index (χ0) is 24.8. The fourth-order valence-electron chi connectivity index (χ4n) is 3.18. The summed E-state index contributed by atoms with van der Waals surface area (Å²) in [6, 6.07) is 11.7. The van der Waals surface area contributed by atoms with Crippen LogP contribution in [0.25, 0.3) is 0 Å². The normalized spacial score (nSPS) is 11.8. The number of anilines is 2. The molecule has 2 aromatic carbocycles. The second-order valence-corrected chi connectivity index (χ2v) is 10.5. The van der Waals surface area contributed by atoms with Gasteiger partial charge in [-0.3, -0.25) is 10.1 Å². The molecule has 0 aromatic heterocycles. The molecule has 0 spiro atoms. The summed E-state index contributed by atoms with van der Waals surface area (Å²) in [4.78, 5) is 24.6. The molecule has 2 N–H and O–H groups in total. The Morgan fingerprint density at radius 1 is 0.939 bits per heavy atom. The Kier molecular flexibility index (Phi) is 8.63. The minimum absolute atomic E-state index is 0.0960. The van der Waals surface area contributed by atoms with Crippen LogP contribution in [0.3, 0.4) is 0 Å². The topological polar surface area (TPSA) is 105 Å². The van der Waals surface area contributed by atoms with Gasteiger partial charge >= 0.3 is 6.09 Å². The standard InChI is InChI=1S/C24H33N3O5S/c1-7-27(8-2)33(30,31)21-16-20(12-9-17(21)3)25-22(28)15-18-10-13-19(14-11-18)26-23(29)32-24(4,5)6/h9-14,16H,7-8,15H2,1-6H3,(H,25,28)(H,26,29). The van der Waals surface area contributed by atoms with Crippen LogP contribution in [-0.4, -0.2) is 43.4 Å². The van der Waals surface area contributed by atoms with Gasteiger partial charge in [-0.05, 0) is 63.1 Å². The van der Waals surface area contributed by atoms with Crippen LogP contribution in [-0.2, 0) is 26.0 Å². The van der Waals surface area contributed by atoms with Gasteiger partial charge in [0, 0.05) is 24.5 Å². The Hall–Kier alpha value is -2.91. The van der Waals surface area contributed by atoms with Crippen LogP contribution >= 0.6 is 0 Å². The first-order chi connectivity index (χ1) is 15.4. The maximum absolute atomic E-state index is 12.9. The molecule has 180 valence electrons. The highest BCUT2D eigenvalue weighted by Crippen LogP contribution is 2.24. The first-order valence-electron chi connectivity index (χ1n) is 10.8. The monoisotopic (exact) mass is 475 g/mol. The lowest BCUT2D eigenvalue weighted by molar-refractivity contribution is -0.115. The third-order valence-corrected chi connectivity index (χ3v) is 6.95. The minimum atomic E-state index is -3.64. The Bertz CT molecular complexity index is 1090. The van der Waals surface area contributed by atoms with Crippen molar-refractivity contribution in [1.82, 2.24) is 4.31 Å². The molecular weight excluding hydrogens is 442 g/mol. The van der Waals surface area contributed by atoms with Crippen LogP contribution in [0.2, 0.25) is 0 Å². The number of rotatable bonds is 8. The molecule has 0 bridgehead atoms. The number of amides is 2. The van der Waals surface area contributed by atoms with Gasteiger partial charge in [-0.25, -0.2) is 13.2 Å². The van der Waals surface area contributed by atoms with E-state index in [2.05, 4.69) is 10.6 Å². The predicted octanol–water partition coefficient (Wildman–Crippen LogP) is 4.55. The summed E-state index contributed by atoms with van der Waals surface area (Å²) in [5, 5.41) is 5.41. The first-order valence-corrected chi connectivity index (χ1v) is 12.3. The fraction of sp³-hybridized carbons (Fsp3) is 0.417. The van der Waals surface area contributed by atoms with Gasteiger partial charge in [-0.2, -0.15) is 4.31 Å². The van der Waals surface area contributed by atoms with Crippen LogP contribution < -0.4 is 10.6 Å². The number of hydrogen-bond acceptors (Lipinski definition) is 5. The molecular formula is C24H33N3O5S. The summed E-state index contributed by atoms with van der Waals surface area (Å²) < 4.78 is 32.4.